The van der Waals surface area contributed by atoms with Crippen LogP contribution in [0.1, 0.15) is 62.5 Å². The Morgan fingerprint density at radius 2 is 1.34 bits per heavy atom. The zero-order valence-corrected chi connectivity index (χ0v) is 23.4. The first kappa shape index (κ1) is 23.1. The van der Waals surface area contributed by atoms with Crippen LogP contribution in [0.2, 0.25) is 0 Å². The number of aryl methyl sites for hydroxylation is 2. The van der Waals surface area contributed by atoms with E-state index < -0.39 is 11.8 Å². The fourth-order valence-electron chi connectivity index (χ4n) is 6.46. The number of aromatic nitrogens is 1. The van der Waals surface area contributed by atoms with Gasteiger partial charge in [-0.3, -0.25) is 0 Å². The lowest BCUT2D eigenvalue weighted by Gasteiger charge is -2.29. The van der Waals surface area contributed by atoms with E-state index in [0.717, 1.165) is 55.4 Å². The minimum atomic E-state index is -0.737. The largest absolute Gasteiger partial charge is 0.454 e. The number of fused-ring (bicyclic) bond motifs is 3. The van der Waals surface area contributed by atoms with Crippen LogP contribution in [0.4, 0.5) is 0 Å². The summed E-state index contributed by atoms with van der Waals surface area (Å²) in [5.74, 6) is -1.38. The first-order valence-corrected chi connectivity index (χ1v) is 14.3. The number of pyridine rings is 1. The van der Waals surface area contributed by atoms with Crippen molar-refractivity contribution in [1.29, 1.82) is 5.26 Å². The monoisotopic (exact) mass is 535 g/mol. The molecule has 0 bridgehead atoms. The summed E-state index contributed by atoms with van der Waals surface area (Å²) in [6, 6.07) is 34.8. The predicted molar refractivity (Wildman–Crippen MR) is 166 cm³/mol. The third-order valence-corrected chi connectivity index (χ3v) is 8.67. The minimum absolute atomic E-state index is 0.558. The van der Waals surface area contributed by atoms with Crippen LogP contribution < -0.4 is 4.57 Å². The van der Waals surface area contributed by atoms with Gasteiger partial charge in [-0.25, -0.2) is 4.57 Å². The highest BCUT2D eigenvalue weighted by atomic mass is 16.3. The summed E-state index contributed by atoms with van der Waals surface area (Å²) < 4.78 is 27.2. The van der Waals surface area contributed by atoms with E-state index in [-0.39, 0.29) is 0 Å². The number of hydrogen-bond donors (Lipinski definition) is 0. The summed E-state index contributed by atoms with van der Waals surface area (Å²) in [6.07, 6.45) is 4.60. The molecule has 4 aromatic carbocycles. The Morgan fingerprint density at radius 3 is 2.00 bits per heavy atom. The molecule has 1 saturated carbocycles. The van der Waals surface area contributed by atoms with Crippen molar-refractivity contribution >= 4 is 21.9 Å². The van der Waals surface area contributed by atoms with Gasteiger partial charge < -0.3 is 4.42 Å². The van der Waals surface area contributed by atoms with E-state index in [2.05, 4.69) is 35.8 Å². The zero-order valence-electron chi connectivity index (χ0n) is 25.4. The fraction of sp³-hybridized carbons (Fsp3) is 0.211. The van der Waals surface area contributed by atoms with E-state index in [9.17, 15) is 6.63 Å². The molecule has 3 heteroatoms. The summed E-state index contributed by atoms with van der Waals surface area (Å²) in [6.45, 7) is 2.10. The van der Waals surface area contributed by atoms with Gasteiger partial charge in [-0.2, -0.15) is 5.26 Å². The Labute approximate surface area is 244 Å². The van der Waals surface area contributed by atoms with Crippen molar-refractivity contribution in [2.45, 2.75) is 44.4 Å². The van der Waals surface area contributed by atoms with Gasteiger partial charge in [0.05, 0.1) is 17.2 Å². The maximum absolute atomic E-state index is 10.1. The van der Waals surface area contributed by atoms with Gasteiger partial charge in [0.2, 0.25) is 5.69 Å². The number of nitrogens with zero attached hydrogens (tertiary/aromatic N) is 2. The predicted octanol–water partition coefficient (Wildman–Crippen LogP) is 9.37. The fourth-order valence-corrected chi connectivity index (χ4v) is 6.46. The number of hydrogen-bond acceptors (Lipinski definition) is 2. The summed E-state index contributed by atoms with van der Waals surface area (Å²) in [5.41, 5.74) is 8.97. The average Bonchev–Trinajstić information content (AvgIpc) is 3.42. The Bertz CT molecular complexity index is 2030. The number of nitriles is 1. The zero-order chi connectivity index (χ0) is 29.8. The lowest BCUT2D eigenvalue weighted by molar-refractivity contribution is -0.660. The van der Waals surface area contributed by atoms with Crippen LogP contribution in [0, 0.1) is 18.3 Å². The van der Waals surface area contributed by atoms with Crippen LogP contribution in [-0.4, -0.2) is 0 Å². The molecule has 200 valence electrons. The highest BCUT2D eigenvalue weighted by Crippen LogP contribution is 2.43. The van der Waals surface area contributed by atoms with Crippen molar-refractivity contribution in [3.05, 3.63) is 126 Å². The molecule has 1 aliphatic rings. The average molecular weight is 536 g/mol. The van der Waals surface area contributed by atoms with Crippen molar-refractivity contribution in [3.63, 3.8) is 0 Å². The maximum Gasteiger partial charge on any atom is 0.216 e. The van der Waals surface area contributed by atoms with Crippen LogP contribution in [0.5, 0.6) is 0 Å². The highest BCUT2D eigenvalue weighted by Gasteiger charge is 2.25. The van der Waals surface area contributed by atoms with Crippen molar-refractivity contribution in [1.82, 2.24) is 0 Å². The summed E-state index contributed by atoms with van der Waals surface area (Å²) in [7, 11) is 2.04. The molecule has 0 radical (unpaired) electrons. The van der Waals surface area contributed by atoms with Gasteiger partial charge in [-0.15, -0.1) is 0 Å². The first-order valence-electron chi connectivity index (χ1n) is 15.3. The molecule has 0 aliphatic heterocycles. The first-order chi connectivity index (χ1) is 20.8. The molecule has 0 N–H and O–H groups in total. The van der Waals surface area contributed by atoms with E-state index >= 15 is 0 Å². The molecule has 7 rings (SSSR count). The SMILES string of the molecule is [2H]C1(c2ccccc2)CCC([2H])(c2ccc(-c3c(C#N)ccc4c3oc3c(-c5cccc[n+]5C)c(C)ccc34)cc2)CC1. The third-order valence-electron chi connectivity index (χ3n) is 8.67. The lowest BCUT2D eigenvalue weighted by atomic mass is 9.76. The van der Waals surface area contributed by atoms with Crippen molar-refractivity contribution in [3.8, 4) is 28.5 Å². The molecule has 0 amide bonds. The molecule has 2 heterocycles. The minimum Gasteiger partial charge on any atom is -0.454 e. The Hall–Kier alpha value is -4.68. The van der Waals surface area contributed by atoms with E-state index in [1.165, 1.54) is 0 Å². The lowest BCUT2D eigenvalue weighted by Crippen LogP contribution is -2.30. The standard InChI is InChI=1S/C38H33N2O/c1-25-11-21-32-33-22-20-31(24-39)36(38(33)41-37(32)35(25)34-10-6-7-23-40(34)2)30-18-16-29(17-19-30)28-14-12-27(13-15-28)26-8-4-3-5-9-26/h3-11,16-23,27-28H,12-15H2,1-2H3/q+1/i27D,28D. The summed E-state index contributed by atoms with van der Waals surface area (Å²) >= 11 is 0. The normalized spacial score (nSPS) is 21.4. The Balaban J connectivity index is 1.29. The second-order valence-corrected chi connectivity index (χ2v) is 11.1. The molecule has 1 aliphatic carbocycles. The van der Waals surface area contributed by atoms with Crippen LogP contribution in [0.25, 0.3) is 44.3 Å². The molecular weight excluding hydrogens is 500 g/mol. The van der Waals surface area contributed by atoms with Crippen molar-refractivity contribution < 1.29 is 11.7 Å². The molecule has 0 unspecified atom stereocenters. The van der Waals surface area contributed by atoms with Gasteiger partial charge >= 0.3 is 0 Å². The van der Waals surface area contributed by atoms with Crippen molar-refractivity contribution in [2.75, 3.05) is 0 Å². The number of benzene rings is 4. The van der Waals surface area contributed by atoms with Gasteiger partial charge in [-0.05, 0) is 84.8 Å². The van der Waals surface area contributed by atoms with Gasteiger partial charge in [-0.1, -0.05) is 66.7 Å². The quantitative estimate of drug-likeness (QED) is 0.211. The van der Waals surface area contributed by atoms with Crippen LogP contribution in [0.3, 0.4) is 0 Å². The summed E-state index contributed by atoms with van der Waals surface area (Å²) in [4.78, 5) is 0. The molecule has 0 spiro atoms. The van der Waals surface area contributed by atoms with E-state index in [1.54, 1.807) is 0 Å². The van der Waals surface area contributed by atoms with Gasteiger partial charge in [0.15, 0.2) is 6.20 Å². The second kappa shape index (κ2) is 10.4. The van der Waals surface area contributed by atoms with E-state index in [0.29, 0.717) is 36.8 Å². The van der Waals surface area contributed by atoms with Crippen LogP contribution in [0.15, 0.2) is 108 Å². The van der Waals surface area contributed by atoms with Crippen LogP contribution >= 0.6 is 0 Å². The molecule has 2 aromatic heterocycles. The molecule has 6 aromatic rings. The topological polar surface area (TPSA) is 40.8 Å². The molecule has 3 nitrogen and oxygen atoms in total. The van der Waals surface area contributed by atoms with E-state index in [1.807, 2.05) is 92.1 Å². The third kappa shape index (κ3) is 4.41. The van der Waals surface area contributed by atoms with E-state index in [4.69, 9.17) is 5.79 Å². The smallest absolute Gasteiger partial charge is 0.216 e. The molecule has 0 atom stereocenters. The highest BCUT2D eigenvalue weighted by molar-refractivity contribution is 6.14. The number of furan rings is 1. The molecule has 1 fully saturated rings. The Kier molecular flexibility index (Phi) is 5.84. The van der Waals surface area contributed by atoms with Gasteiger partial charge in [0.1, 0.15) is 18.2 Å². The van der Waals surface area contributed by atoms with Crippen molar-refractivity contribution in [2.24, 2.45) is 7.05 Å². The Morgan fingerprint density at radius 1 is 0.732 bits per heavy atom. The van der Waals surface area contributed by atoms with Gasteiger partial charge in [0.25, 0.3) is 0 Å². The summed E-state index contributed by atoms with van der Waals surface area (Å²) in [5, 5.41) is 12.1. The van der Waals surface area contributed by atoms with Gasteiger partial charge in [0, 0.05) is 31.2 Å². The molecule has 0 saturated heterocycles. The molecule has 41 heavy (non-hydrogen) atoms. The molecular formula is C38H33N2O+. The van der Waals surface area contributed by atoms with Crippen LogP contribution in [-0.2, 0) is 7.05 Å². The second-order valence-electron chi connectivity index (χ2n) is 11.1. The maximum atomic E-state index is 10.1. The number of rotatable bonds is 4.